The van der Waals surface area contributed by atoms with Crippen molar-refractivity contribution in [2.24, 2.45) is 4.99 Å². The van der Waals surface area contributed by atoms with Crippen LogP contribution in [0, 0.1) is 0 Å². The monoisotopic (exact) mass is 504 g/mol. The lowest BCUT2D eigenvalue weighted by atomic mass is 9.88. The van der Waals surface area contributed by atoms with Gasteiger partial charge in [0.1, 0.15) is 6.26 Å². The summed E-state index contributed by atoms with van der Waals surface area (Å²) in [6.07, 6.45) is 9.60. The van der Waals surface area contributed by atoms with E-state index in [-0.39, 0.29) is 29.5 Å². The number of guanidine groups is 1. The van der Waals surface area contributed by atoms with E-state index in [0.29, 0.717) is 0 Å². The van der Waals surface area contributed by atoms with Crippen molar-refractivity contribution in [1.29, 1.82) is 0 Å². The van der Waals surface area contributed by atoms with E-state index in [1.165, 1.54) is 38.5 Å². The highest BCUT2D eigenvalue weighted by Gasteiger charge is 2.33. The minimum absolute atomic E-state index is 0. The van der Waals surface area contributed by atoms with Crippen molar-refractivity contribution >= 4 is 29.9 Å². The Morgan fingerprint density at radius 2 is 1.86 bits per heavy atom. The maximum Gasteiger partial charge on any atom is 0.193 e. The summed E-state index contributed by atoms with van der Waals surface area (Å²) in [6, 6.07) is 1.94. The minimum Gasteiger partial charge on any atom is -0.364 e. The topological polar surface area (TPSA) is 60.1 Å². The number of aromatic nitrogens is 1. The fourth-order valence-electron chi connectivity index (χ4n) is 4.41. The zero-order valence-corrected chi connectivity index (χ0v) is 20.0. The largest absolute Gasteiger partial charge is 0.364 e. The lowest BCUT2D eigenvalue weighted by Gasteiger charge is -2.42. The molecular weight excluding hydrogens is 467 g/mol. The summed E-state index contributed by atoms with van der Waals surface area (Å²) in [5, 5.41) is 7.73. The Kier molecular flexibility index (Phi) is 9.49. The lowest BCUT2D eigenvalue weighted by molar-refractivity contribution is 0.128. The van der Waals surface area contributed by atoms with Gasteiger partial charge in [0.25, 0.3) is 0 Å². The van der Waals surface area contributed by atoms with Gasteiger partial charge in [-0.25, -0.2) is 0 Å². The van der Waals surface area contributed by atoms with E-state index < -0.39 is 0 Å². The van der Waals surface area contributed by atoms with Gasteiger partial charge in [0.2, 0.25) is 0 Å². The summed E-state index contributed by atoms with van der Waals surface area (Å²) in [7, 11) is 6.37. The normalized spacial score (nSPS) is 21.3. The molecule has 2 aliphatic rings. The average Bonchev–Trinajstić information content (AvgIpc) is 3.06. The molecule has 7 nitrogen and oxygen atoms in total. The predicted octanol–water partition coefficient (Wildman–Crippen LogP) is 2.64. The molecule has 28 heavy (non-hydrogen) atoms. The third-order valence-corrected chi connectivity index (χ3v) is 6.32. The second kappa shape index (κ2) is 11.3. The van der Waals surface area contributed by atoms with Gasteiger partial charge in [-0.15, -0.1) is 24.0 Å². The predicted molar refractivity (Wildman–Crippen MR) is 124 cm³/mol. The quantitative estimate of drug-likeness (QED) is 0.288. The number of hydrogen-bond donors (Lipinski definition) is 1. The van der Waals surface area contributed by atoms with Crippen LogP contribution >= 0.6 is 24.0 Å². The Balaban J connectivity index is 0.00000280. The number of nitrogens with zero attached hydrogens (tertiary/aromatic N) is 5. The maximum atomic E-state index is 4.94. The van der Waals surface area contributed by atoms with E-state index in [0.717, 1.165) is 50.9 Å². The van der Waals surface area contributed by atoms with Crippen molar-refractivity contribution in [3.63, 3.8) is 0 Å². The molecule has 0 aromatic carbocycles. The lowest BCUT2D eigenvalue weighted by Crippen LogP contribution is -2.57. The molecule has 1 aromatic rings. The highest BCUT2D eigenvalue weighted by Crippen LogP contribution is 2.30. The number of nitrogens with one attached hydrogen (secondary N) is 1. The molecule has 1 aliphatic carbocycles. The van der Waals surface area contributed by atoms with Crippen LogP contribution in [0.1, 0.15) is 44.2 Å². The fourth-order valence-corrected chi connectivity index (χ4v) is 4.41. The average molecular weight is 504 g/mol. The Hall–Kier alpha value is -0.870. The van der Waals surface area contributed by atoms with Gasteiger partial charge in [-0.05, 0) is 26.9 Å². The van der Waals surface area contributed by atoms with Crippen LogP contribution < -0.4 is 5.32 Å². The first-order chi connectivity index (χ1) is 13.1. The van der Waals surface area contributed by atoms with Gasteiger partial charge in [-0.3, -0.25) is 9.89 Å². The van der Waals surface area contributed by atoms with Gasteiger partial charge < -0.3 is 19.6 Å². The molecule has 1 aliphatic heterocycles. The highest BCUT2D eigenvalue weighted by atomic mass is 127. The van der Waals surface area contributed by atoms with E-state index in [9.17, 15) is 0 Å². The second-order valence-corrected chi connectivity index (χ2v) is 8.19. The Morgan fingerprint density at radius 1 is 1.18 bits per heavy atom. The zero-order chi connectivity index (χ0) is 19.1. The summed E-state index contributed by atoms with van der Waals surface area (Å²) >= 11 is 0. The van der Waals surface area contributed by atoms with E-state index in [1.807, 2.05) is 13.1 Å². The van der Waals surface area contributed by atoms with Crippen LogP contribution in [-0.2, 0) is 6.54 Å². The summed E-state index contributed by atoms with van der Waals surface area (Å²) in [5.74, 6) is 1.04. The van der Waals surface area contributed by atoms with Gasteiger partial charge in [0.05, 0.1) is 5.69 Å². The first-order valence-corrected chi connectivity index (χ1v) is 10.4. The van der Waals surface area contributed by atoms with E-state index in [1.54, 1.807) is 6.26 Å². The molecule has 0 unspecified atom stereocenters. The number of likely N-dealkylation sites (N-methyl/N-ethyl adjacent to an activating group) is 1. The molecule has 160 valence electrons. The number of halogens is 1. The highest BCUT2D eigenvalue weighted by molar-refractivity contribution is 14.0. The van der Waals surface area contributed by atoms with Gasteiger partial charge in [-0.2, -0.15) is 0 Å². The van der Waals surface area contributed by atoms with Crippen LogP contribution in [0.15, 0.2) is 21.8 Å². The van der Waals surface area contributed by atoms with Gasteiger partial charge in [0.15, 0.2) is 5.96 Å². The molecule has 0 spiro atoms. The molecule has 0 amide bonds. The van der Waals surface area contributed by atoms with Gasteiger partial charge in [0, 0.05) is 57.9 Å². The van der Waals surface area contributed by atoms with E-state index >= 15 is 0 Å². The van der Waals surface area contributed by atoms with Crippen LogP contribution in [0.5, 0.6) is 0 Å². The summed E-state index contributed by atoms with van der Waals surface area (Å²) in [5.41, 5.74) is 1.26. The van der Waals surface area contributed by atoms with Crippen LogP contribution in [0.2, 0.25) is 0 Å². The molecule has 0 radical (unpaired) electrons. The molecule has 1 saturated heterocycles. The van der Waals surface area contributed by atoms with Crippen molar-refractivity contribution in [2.75, 3.05) is 53.9 Å². The molecule has 1 saturated carbocycles. The van der Waals surface area contributed by atoms with E-state index in [2.05, 4.69) is 44.3 Å². The smallest absolute Gasteiger partial charge is 0.193 e. The molecule has 2 heterocycles. The van der Waals surface area contributed by atoms with Crippen molar-refractivity contribution in [1.82, 2.24) is 25.2 Å². The number of rotatable bonds is 5. The molecule has 1 aromatic heterocycles. The first-order valence-electron chi connectivity index (χ1n) is 10.4. The van der Waals surface area contributed by atoms with Crippen LogP contribution in [0.4, 0.5) is 0 Å². The third-order valence-electron chi connectivity index (χ3n) is 6.32. The summed E-state index contributed by atoms with van der Waals surface area (Å²) < 4.78 is 4.94. The van der Waals surface area contributed by atoms with Gasteiger partial charge >= 0.3 is 0 Å². The summed E-state index contributed by atoms with van der Waals surface area (Å²) in [6.45, 7) is 5.86. The van der Waals surface area contributed by atoms with Crippen molar-refractivity contribution in [3.05, 3.63) is 18.0 Å². The fraction of sp³-hybridized carbons (Fsp3) is 0.800. The van der Waals surface area contributed by atoms with Crippen molar-refractivity contribution in [2.45, 2.75) is 50.6 Å². The first kappa shape index (κ1) is 23.4. The van der Waals surface area contributed by atoms with Gasteiger partial charge in [-0.1, -0.05) is 30.8 Å². The molecule has 0 atom stereocenters. The molecule has 0 bridgehead atoms. The van der Waals surface area contributed by atoms with Crippen LogP contribution in [-0.4, -0.2) is 85.2 Å². The standard InChI is InChI=1S/C20H36N6O.HI/c1-21-19(22-17-20(24(2)3)9-6-4-5-7-10-20)26-13-11-25(12-14-26)16-18-8-15-27-23-18;/h8,15H,4-7,9-14,16-17H2,1-3H3,(H,21,22);1H. The third kappa shape index (κ3) is 6.06. The van der Waals surface area contributed by atoms with Crippen LogP contribution in [0.3, 0.4) is 0 Å². The molecule has 3 rings (SSSR count). The van der Waals surface area contributed by atoms with Crippen LogP contribution in [0.25, 0.3) is 0 Å². The molecule has 8 heteroatoms. The number of hydrogen-bond acceptors (Lipinski definition) is 5. The Bertz CT molecular complexity index is 576. The Labute approximate surface area is 186 Å². The maximum absolute atomic E-state index is 4.94. The zero-order valence-electron chi connectivity index (χ0n) is 17.7. The molecule has 2 fully saturated rings. The number of aliphatic imine (C=N–C) groups is 1. The number of piperazine rings is 1. The van der Waals surface area contributed by atoms with Crippen molar-refractivity contribution in [3.8, 4) is 0 Å². The van der Waals surface area contributed by atoms with E-state index in [4.69, 9.17) is 4.52 Å². The molecular formula is C20H37IN6O. The summed E-state index contributed by atoms with van der Waals surface area (Å²) in [4.78, 5) is 11.8. The minimum atomic E-state index is 0. The SMILES string of the molecule is CN=C(NCC1(N(C)C)CCCCCC1)N1CCN(Cc2ccon2)CC1.I. The molecule has 1 N–H and O–H groups in total. The van der Waals surface area contributed by atoms with Crippen molar-refractivity contribution < 1.29 is 4.52 Å². The Morgan fingerprint density at radius 3 is 2.39 bits per heavy atom. The second-order valence-electron chi connectivity index (χ2n) is 8.19.